The van der Waals surface area contributed by atoms with Crippen LogP contribution >= 0.6 is 0 Å². The molecule has 0 fully saturated rings. The molecule has 0 unspecified atom stereocenters. The molecule has 0 bridgehead atoms. The second kappa shape index (κ2) is 12.3. The molecule has 1 nitrogen and oxygen atoms in total. The molecular weight excluding hydrogens is 663 g/mol. The molecular formula is C54H43N. The van der Waals surface area contributed by atoms with E-state index in [1.165, 1.54) is 89.2 Å². The standard InChI is InChI=1S/C54H43N/c1-6-7-19-45-43-24-13-17-28-50(43)54(48-26-15-11-22-41(48)42-23-12-16-27-49(42)54)52(45)55(37-30-29-36(3)46(33-37)39-20-9-8-18-35(39)2)38-31-32-44-40-21-10-14-25-47(40)53(4,5)51(44)34-38/h6-34H,1H2,2-5H3/b19-7-. The number of nitrogens with zero attached hydrogens (tertiary/aromatic N) is 1. The van der Waals surface area contributed by atoms with Crippen molar-refractivity contribution in [1.29, 1.82) is 0 Å². The maximum atomic E-state index is 4.14. The largest absolute Gasteiger partial charge is 0.312 e. The third kappa shape index (κ3) is 4.60. The molecule has 0 N–H and O–H groups in total. The van der Waals surface area contributed by atoms with Gasteiger partial charge in [0.05, 0.1) is 11.1 Å². The Balaban J connectivity index is 1.35. The molecule has 7 aromatic carbocycles. The quantitative estimate of drug-likeness (QED) is 0.156. The van der Waals surface area contributed by atoms with Crippen LogP contribution in [0.1, 0.15) is 58.4 Å². The zero-order chi connectivity index (χ0) is 37.5. The van der Waals surface area contributed by atoms with Gasteiger partial charge in [-0.25, -0.2) is 0 Å². The molecule has 3 aliphatic carbocycles. The van der Waals surface area contributed by atoms with Gasteiger partial charge in [0.15, 0.2) is 0 Å². The van der Waals surface area contributed by atoms with E-state index in [1.54, 1.807) is 0 Å². The van der Waals surface area contributed by atoms with Crippen LogP contribution in [-0.2, 0) is 10.8 Å². The van der Waals surface area contributed by atoms with Gasteiger partial charge in [-0.3, -0.25) is 0 Å². The summed E-state index contributed by atoms with van der Waals surface area (Å²) in [6, 6.07) is 59.2. The fraction of sp³-hybridized carbons (Fsp3) is 0.111. The van der Waals surface area contributed by atoms with Crippen molar-refractivity contribution < 1.29 is 0 Å². The molecule has 1 spiro atoms. The van der Waals surface area contributed by atoms with Gasteiger partial charge in [0, 0.05) is 22.4 Å². The van der Waals surface area contributed by atoms with E-state index in [-0.39, 0.29) is 5.41 Å². The zero-order valence-corrected chi connectivity index (χ0v) is 31.9. The molecule has 0 aliphatic heterocycles. The number of rotatable bonds is 6. The molecule has 0 radical (unpaired) electrons. The summed E-state index contributed by atoms with van der Waals surface area (Å²) in [6.07, 6.45) is 6.29. The molecule has 0 saturated heterocycles. The summed E-state index contributed by atoms with van der Waals surface area (Å²) in [5.74, 6) is 0. The van der Waals surface area contributed by atoms with Gasteiger partial charge >= 0.3 is 0 Å². The lowest BCUT2D eigenvalue weighted by molar-refractivity contribution is 0.660. The Hall–Kier alpha value is -6.44. The molecule has 264 valence electrons. The van der Waals surface area contributed by atoms with Crippen LogP contribution in [-0.4, -0.2) is 0 Å². The first kappa shape index (κ1) is 33.2. The third-order valence-electron chi connectivity index (χ3n) is 12.5. The first-order chi connectivity index (χ1) is 26.9. The minimum absolute atomic E-state index is 0.157. The van der Waals surface area contributed by atoms with Gasteiger partial charge in [0.25, 0.3) is 0 Å². The van der Waals surface area contributed by atoms with E-state index in [9.17, 15) is 0 Å². The van der Waals surface area contributed by atoms with Crippen molar-refractivity contribution in [3.63, 3.8) is 0 Å². The second-order valence-corrected chi connectivity index (χ2v) is 15.8. The predicted octanol–water partition coefficient (Wildman–Crippen LogP) is 13.9. The van der Waals surface area contributed by atoms with E-state index in [4.69, 9.17) is 0 Å². The Bertz CT molecular complexity index is 2740. The number of hydrogen-bond donors (Lipinski definition) is 0. The van der Waals surface area contributed by atoms with Crippen LogP contribution in [0.4, 0.5) is 11.4 Å². The number of allylic oxidation sites excluding steroid dienone is 5. The second-order valence-electron chi connectivity index (χ2n) is 15.8. The van der Waals surface area contributed by atoms with E-state index >= 15 is 0 Å². The molecule has 3 aliphatic rings. The van der Waals surface area contributed by atoms with Crippen molar-refractivity contribution in [2.45, 2.75) is 38.5 Å². The maximum Gasteiger partial charge on any atom is 0.0881 e. The van der Waals surface area contributed by atoms with Crippen LogP contribution in [0, 0.1) is 13.8 Å². The molecule has 1 heteroatoms. The number of aryl methyl sites for hydroxylation is 2. The minimum atomic E-state index is -0.587. The first-order valence-electron chi connectivity index (χ1n) is 19.4. The molecule has 0 heterocycles. The summed E-state index contributed by atoms with van der Waals surface area (Å²) in [7, 11) is 0. The number of benzene rings is 7. The first-order valence-corrected chi connectivity index (χ1v) is 19.4. The number of hydrogen-bond acceptors (Lipinski definition) is 1. The highest BCUT2D eigenvalue weighted by Gasteiger charge is 2.55. The average molecular weight is 706 g/mol. The van der Waals surface area contributed by atoms with Crippen LogP contribution in [0.25, 0.3) is 39.0 Å². The van der Waals surface area contributed by atoms with Crippen molar-refractivity contribution in [3.05, 3.63) is 233 Å². The summed E-state index contributed by atoms with van der Waals surface area (Å²) in [5.41, 5.74) is 22.1. The van der Waals surface area contributed by atoms with Crippen molar-refractivity contribution in [2.24, 2.45) is 0 Å². The maximum absolute atomic E-state index is 4.14. The van der Waals surface area contributed by atoms with Gasteiger partial charge in [-0.1, -0.05) is 172 Å². The van der Waals surface area contributed by atoms with Gasteiger partial charge in [-0.2, -0.15) is 0 Å². The minimum Gasteiger partial charge on any atom is -0.312 e. The third-order valence-corrected chi connectivity index (χ3v) is 12.5. The monoisotopic (exact) mass is 705 g/mol. The summed E-state index contributed by atoms with van der Waals surface area (Å²) in [4.78, 5) is 2.60. The van der Waals surface area contributed by atoms with Gasteiger partial charge in [-0.15, -0.1) is 0 Å². The topological polar surface area (TPSA) is 3.24 Å². The summed E-state index contributed by atoms with van der Waals surface area (Å²) in [5, 5.41) is 0. The summed E-state index contributed by atoms with van der Waals surface area (Å²) >= 11 is 0. The van der Waals surface area contributed by atoms with E-state index in [0.29, 0.717) is 0 Å². The van der Waals surface area contributed by atoms with Gasteiger partial charge < -0.3 is 4.90 Å². The van der Waals surface area contributed by atoms with E-state index in [2.05, 4.69) is 209 Å². The predicted molar refractivity (Wildman–Crippen MR) is 232 cm³/mol. The van der Waals surface area contributed by atoms with Crippen LogP contribution in [0.15, 0.2) is 188 Å². The average Bonchev–Trinajstić information content (AvgIpc) is 3.76. The van der Waals surface area contributed by atoms with E-state index in [1.807, 2.05) is 6.08 Å². The lowest BCUT2D eigenvalue weighted by atomic mass is 9.71. The highest BCUT2D eigenvalue weighted by Crippen LogP contribution is 2.64. The fourth-order valence-corrected chi connectivity index (χ4v) is 10.1. The van der Waals surface area contributed by atoms with E-state index < -0.39 is 5.41 Å². The molecule has 0 aromatic heterocycles. The Labute approximate surface area is 325 Å². The normalized spacial score (nSPS) is 15.1. The molecule has 0 saturated carbocycles. The highest BCUT2D eigenvalue weighted by atomic mass is 15.2. The molecule has 55 heavy (non-hydrogen) atoms. The smallest absolute Gasteiger partial charge is 0.0881 e. The van der Waals surface area contributed by atoms with Crippen LogP contribution in [0.5, 0.6) is 0 Å². The summed E-state index contributed by atoms with van der Waals surface area (Å²) < 4.78 is 0. The van der Waals surface area contributed by atoms with Gasteiger partial charge in [0.2, 0.25) is 0 Å². The SMILES string of the molecule is C=C/C=C\C1=C(N(c2ccc(C)c(-c3ccccc3C)c2)c2ccc3c(c2)C(C)(C)c2ccccc2-3)C2(c3ccccc31)c1ccccc1-c1ccccc12. The molecule has 7 aromatic rings. The van der Waals surface area contributed by atoms with Crippen molar-refractivity contribution in [2.75, 3.05) is 4.90 Å². The summed E-state index contributed by atoms with van der Waals surface area (Å²) in [6.45, 7) is 13.3. The number of fused-ring (bicyclic) bond motifs is 10. The Kier molecular flexibility index (Phi) is 7.41. The Morgan fingerprint density at radius 2 is 0.927 bits per heavy atom. The molecule has 0 amide bonds. The zero-order valence-electron chi connectivity index (χ0n) is 31.9. The highest BCUT2D eigenvalue weighted by molar-refractivity contribution is 6.00. The lowest BCUT2D eigenvalue weighted by Gasteiger charge is -2.40. The Morgan fingerprint density at radius 1 is 0.455 bits per heavy atom. The molecule has 0 atom stereocenters. The van der Waals surface area contributed by atoms with E-state index in [0.717, 1.165) is 11.4 Å². The van der Waals surface area contributed by atoms with Crippen LogP contribution in [0.2, 0.25) is 0 Å². The van der Waals surface area contributed by atoms with Crippen LogP contribution in [0.3, 0.4) is 0 Å². The fourth-order valence-electron chi connectivity index (χ4n) is 10.1. The van der Waals surface area contributed by atoms with Gasteiger partial charge in [-0.05, 0) is 116 Å². The van der Waals surface area contributed by atoms with Crippen molar-refractivity contribution >= 4 is 16.9 Å². The van der Waals surface area contributed by atoms with Crippen LogP contribution < -0.4 is 4.90 Å². The Morgan fingerprint density at radius 3 is 1.56 bits per heavy atom. The lowest BCUT2D eigenvalue weighted by Crippen LogP contribution is -2.36. The number of anilines is 2. The van der Waals surface area contributed by atoms with Crippen molar-refractivity contribution in [3.8, 4) is 33.4 Å². The molecule has 10 rings (SSSR count). The van der Waals surface area contributed by atoms with Crippen molar-refractivity contribution in [1.82, 2.24) is 0 Å². The van der Waals surface area contributed by atoms with Gasteiger partial charge in [0.1, 0.15) is 0 Å².